The molecule has 0 atom stereocenters. The lowest BCUT2D eigenvalue weighted by Crippen LogP contribution is -2.00. The fourth-order valence-corrected chi connectivity index (χ4v) is 3.27. The van der Waals surface area contributed by atoms with Crippen molar-refractivity contribution in [2.45, 2.75) is 26.7 Å². The molecular weight excluding hydrogens is 238 g/mol. The monoisotopic (exact) mass is 249 g/mol. The summed E-state index contributed by atoms with van der Waals surface area (Å²) in [4.78, 5) is 16.8. The first-order chi connectivity index (χ1) is 8.08. The number of fused-ring (bicyclic) bond motifs is 3. The molecule has 3 rings (SSSR count). The van der Waals surface area contributed by atoms with Crippen molar-refractivity contribution in [1.82, 2.24) is 4.98 Å². The highest BCUT2D eigenvalue weighted by Gasteiger charge is 2.29. The number of carboxylic acid groups (broad SMARTS) is 1. The molecule has 0 saturated heterocycles. The summed E-state index contributed by atoms with van der Waals surface area (Å²) in [6.45, 7) is 3.76. The van der Waals surface area contributed by atoms with Crippen LogP contribution in [0.1, 0.15) is 31.8 Å². The van der Waals surface area contributed by atoms with Crippen LogP contribution in [0.5, 0.6) is 0 Å². The molecule has 4 nitrogen and oxygen atoms in total. The highest BCUT2D eigenvalue weighted by atomic mass is 32.1. The average Bonchev–Trinajstić information content (AvgIpc) is 2.78. The molecule has 1 N–H and O–H groups in total. The predicted molar refractivity (Wildman–Crippen MR) is 63.7 cm³/mol. The highest BCUT2D eigenvalue weighted by molar-refractivity contribution is 7.12. The molecule has 0 saturated carbocycles. The Morgan fingerprint density at radius 1 is 1.41 bits per heavy atom. The number of carboxylic acids is 1. The van der Waals surface area contributed by atoms with Gasteiger partial charge in [-0.3, -0.25) is 0 Å². The van der Waals surface area contributed by atoms with E-state index in [1.54, 1.807) is 18.3 Å². The fraction of sp³-hybridized carbons (Fsp3) is 0.333. The van der Waals surface area contributed by atoms with Gasteiger partial charge in [-0.2, -0.15) is 0 Å². The summed E-state index contributed by atoms with van der Waals surface area (Å²) in [6.07, 6.45) is 1.65. The zero-order valence-corrected chi connectivity index (χ0v) is 10.3. The largest absolute Gasteiger partial charge is 0.475 e. The minimum absolute atomic E-state index is 0.0495. The van der Waals surface area contributed by atoms with Gasteiger partial charge in [0.25, 0.3) is 0 Å². The smallest absolute Gasteiger partial charge is 0.372 e. The maximum absolute atomic E-state index is 11.0. The third kappa shape index (κ3) is 1.42. The fourth-order valence-electron chi connectivity index (χ4n) is 2.32. The third-order valence-electron chi connectivity index (χ3n) is 3.03. The molecule has 88 valence electrons. The number of aromatic carboxylic acids is 1. The summed E-state index contributed by atoms with van der Waals surface area (Å²) in [5, 5.41) is 10.1. The van der Waals surface area contributed by atoms with Crippen molar-refractivity contribution in [3.8, 4) is 11.3 Å². The van der Waals surface area contributed by atoms with Crippen molar-refractivity contribution in [3.63, 3.8) is 0 Å². The lowest BCUT2D eigenvalue weighted by atomic mass is 9.97. The first-order valence-electron chi connectivity index (χ1n) is 5.40. The zero-order valence-electron chi connectivity index (χ0n) is 9.53. The third-order valence-corrected chi connectivity index (χ3v) is 4.06. The lowest BCUT2D eigenvalue weighted by molar-refractivity contribution is 0.0659. The maximum Gasteiger partial charge on any atom is 0.372 e. The molecule has 5 heteroatoms. The van der Waals surface area contributed by atoms with Gasteiger partial charge in [-0.1, -0.05) is 0 Å². The second-order valence-electron chi connectivity index (χ2n) is 4.16. The van der Waals surface area contributed by atoms with E-state index < -0.39 is 5.97 Å². The molecule has 0 spiro atoms. The molecule has 0 aliphatic heterocycles. The number of aryl methyl sites for hydroxylation is 3. The molecule has 2 heterocycles. The number of furan rings is 1. The number of aromatic nitrogens is 1. The molecule has 17 heavy (non-hydrogen) atoms. The molecule has 0 fully saturated rings. The van der Waals surface area contributed by atoms with Crippen LogP contribution in [-0.2, 0) is 12.8 Å². The van der Waals surface area contributed by atoms with Gasteiger partial charge in [0.2, 0.25) is 5.76 Å². The first kappa shape index (κ1) is 10.5. The van der Waals surface area contributed by atoms with E-state index in [-0.39, 0.29) is 5.76 Å². The summed E-state index contributed by atoms with van der Waals surface area (Å²) in [5.41, 5.74) is 2.51. The van der Waals surface area contributed by atoms with Crippen molar-refractivity contribution in [2.75, 3.05) is 0 Å². The van der Waals surface area contributed by atoms with Crippen LogP contribution in [0.25, 0.3) is 11.3 Å². The maximum atomic E-state index is 11.0. The highest BCUT2D eigenvalue weighted by Crippen LogP contribution is 2.40. The van der Waals surface area contributed by atoms with Gasteiger partial charge in [-0.25, -0.2) is 9.78 Å². The quantitative estimate of drug-likeness (QED) is 0.844. The average molecular weight is 249 g/mol. The Kier molecular flexibility index (Phi) is 2.13. The van der Waals surface area contributed by atoms with Crippen LogP contribution >= 0.6 is 11.3 Å². The first-order valence-corrected chi connectivity index (χ1v) is 6.22. The van der Waals surface area contributed by atoms with Crippen molar-refractivity contribution in [2.24, 2.45) is 0 Å². The molecule has 2 aromatic heterocycles. The van der Waals surface area contributed by atoms with Crippen LogP contribution in [0.3, 0.4) is 0 Å². The zero-order chi connectivity index (χ0) is 12.2. The van der Waals surface area contributed by atoms with E-state index in [1.807, 2.05) is 6.92 Å². The number of carbonyl (C=O) groups is 1. The summed E-state index contributed by atoms with van der Waals surface area (Å²) in [7, 11) is 0. The van der Waals surface area contributed by atoms with E-state index in [9.17, 15) is 4.79 Å². The van der Waals surface area contributed by atoms with Crippen LogP contribution in [0, 0.1) is 13.8 Å². The molecule has 1 aliphatic rings. The molecule has 0 bridgehead atoms. The summed E-state index contributed by atoms with van der Waals surface area (Å²) < 4.78 is 5.43. The van der Waals surface area contributed by atoms with Crippen LogP contribution in [0.4, 0.5) is 0 Å². The van der Waals surface area contributed by atoms with Crippen molar-refractivity contribution < 1.29 is 14.3 Å². The van der Waals surface area contributed by atoms with Crippen molar-refractivity contribution >= 4 is 17.3 Å². The summed E-state index contributed by atoms with van der Waals surface area (Å²) in [5.74, 6) is -0.198. The Labute approximate surface area is 102 Å². The number of hydrogen-bond donors (Lipinski definition) is 1. The minimum Gasteiger partial charge on any atom is -0.475 e. The van der Waals surface area contributed by atoms with Gasteiger partial charge in [0, 0.05) is 22.4 Å². The second-order valence-corrected chi connectivity index (χ2v) is 5.45. The Morgan fingerprint density at radius 3 is 2.88 bits per heavy atom. The molecule has 0 amide bonds. The van der Waals surface area contributed by atoms with Crippen LogP contribution in [0.2, 0.25) is 0 Å². The van der Waals surface area contributed by atoms with E-state index in [2.05, 4.69) is 4.98 Å². The Hall–Kier alpha value is -1.62. The lowest BCUT2D eigenvalue weighted by Gasteiger charge is -2.09. The molecule has 1 aliphatic carbocycles. The van der Waals surface area contributed by atoms with E-state index in [0.717, 1.165) is 34.9 Å². The molecular formula is C12H11NO3S. The Bertz CT molecular complexity index is 624. The SMILES string of the molecule is Cc1nc2c(s1)CCc1oc(C(=O)O)c(C)c1-2. The van der Waals surface area contributed by atoms with Crippen LogP contribution < -0.4 is 0 Å². The van der Waals surface area contributed by atoms with Gasteiger partial charge in [-0.15, -0.1) is 11.3 Å². The van der Waals surface area contributed by atoms with E-state index in [0.29, 0.717) is 5.56 Å². The van der Waals surface area contributed by atoms with E-state index >= 15 is 0 Å². The summed E-state index contributed by atoms with van der Waals surface area (Å²) in [6, 6.07) is 0. The van der Waals surface area contributed by atoms with Gasteiger partial charge in [0.15, 0.2) is 0 Å². The number of hydrogen-bond acceptors (Lipinski definition) is 4. The van der Waals surface area contributed by atoms with E-state index in [1.165, 1.54) is 4.88 Å². The van der Waals surface area contributed by atoms with Gasteiger partial charge in [0.05, 0.1) is 10.7 Å². The Balaban J connectivity index is 2.27. The second kappa shape index (κ2) is 3.43. The normalized spacial score (nSPS) is 13.3. The van der Waals surface area contributed by atoms with Crippen LogP contribution in [0.15, 0.2) is 4.42 Å². The number of thiazole rings is 1. The molecule has 0 radical (unpaired) electrons. The van der Waals surface area contributed by atoms with Crippen molar-refractivity contribution in [3.05, 3.63) is 27.0 Å². The van der Waals surface area contributed by atoms with E-state index in [4.69, 9.17) is 9.52 Å². The van der Waals surface area contributed by atoms with Gasteiger partial charge < -0.3 is 9.52 Å². The number of nitrogens with zero attached hydrogens (tertiary/aromatic N) is 1. The van der Waals surface area contributed by atoms with Gasteiger partial charge in [-0.05, 0) is 20.3 Å². The van der Waals surface area contributed by atoms with Crippen molar-refractivity contribution in [1.29, 1.82) is 0 Å². The van der Waals surface area contributed by atoms with Gasteiger partial charge in [0.1, 0.15) is 5.76 Å². The Morgan fingerprint density at radius 2 is 2.18 bits per heavy atom. The minimum atomic E-state index is -1.01. The van der Waals surface area contributed by atoms with Gasteiger partial charge >= 0.3 is 5.97 Å². The molecule has 2 aromatic rings. The topological polar surface area (TPSA) is 63.3 Å². The predicted octanol–water partition coefficient (Wildman–Crippen LogP) is 2.82. The molecule has 0 unspecified atom stereocenters. The summed E-state index contributed by atoms with van der Waals surface area (Å²) >= 11 is 1.68. The standard InChI is InChI=1S/C12H11NO3S/c1-5-9-7(16-11(5)12(14)15)3-4-8-10(9)13-6(2)17-8/h3-4H2,1-2H3,(H,14,15). The number of rotatable bonds is 1. The molecule has 0 aromatic carbocycles. The van der Waals surface area contributed by atoms with Crippen LogP contribution in [-0.4, -0.2) is 16.1 Å².